The molecule has 1 aliphatic carbocycles. The SMILES string of the molecule is CCOC(=O)C1CCC(Cc2nc3c(-c4ccc(-c5ccccc5)nc4)cnn3c3c2c(OCC)c(OCC[Si](C)(C)C)n3COCC[Si](C)(C)C)CC1. The first-order valence-corrected chi connectivity index (χ1v) is 27.2. The summed E-state index contributed by atoms with van der Waals surface area (Å²) in [7, 11) is -2.70. The standard InChI is InChI=1S/C42H59N5O5Si2/c1-9-50-38-37-36(26-30-16-18-32(19-17-30)42(48)51-10-2)45-39-34(33-20-21-35(43-27-33)31-14-12-11-13-15-31)28-44-47(39)40(37)46(29-49-22-24-53(3,4)5)41(38)52-23-25-54(6,7)8/h11-15,20-21,27-28,30,32H,9-10,16-19,22-26,29H2,1-8H3. The molecule has 1 saturated carbocycles. The summed E-state index contributed by atoms with van der Waals surface area (Å²) in [6.45, 7) is 20.6. The van der Waals surface area contributed by atoms with Crippen molar-refractivity contribution in [3.05, 3.63) is 60.6 Å². The number of carbonyl (C=O) groups is 1. The van der Waals surface area contributed by atoms with E-state index in [4.69, 9.17) is 34.0 Å². The zero-order valence-electron chi connectivity index (χ0n) is 33.6. The molecular weight excluding hydrogens is 711 g/mol. The van der Waals surface area contributed by atoms with E-state index < -0.39 is 16.1 Å². The number of rotatable bonds is 17. The molecule has 0 spiro atoms. The highest BCUT2D eigenvalue weighted by Gasteiger charge is 2.32. The average Bonchev–Trinajstić information content (AvgIpc) is 3.69. The number of nitrogens with zero attached hydrogens (tertiary/aromatic N) is 5. The summed E-state index contributed by atoms with van der Waals surface area (Å²) < 4.78 is 29.2. The van der Waals surface area contributed by atoms with E-state index in [1.807, 2.05) is 49.0 Å². The second-order valence-corrected chi connectivity index (χ2v) is 28.3. The van der Waals surface area contributed by atoms with E-state index in [0.717, 1.165) is 89.0 Å². The summed E-state index contributed by atoms with van der Waals surface area (Å²) in [5.41, 5.74) is 6.39. The van der Waals surface area contributed by atoms with Crippen LogP contribution in [0.2, 0.25) is 51.4 Å². The number of hydrogen-bond donors (Lipinski definition) is 0. The third-order valence-corrected chi connectivity index (χ3v) is 13.7. The van der Waals surface area contributed by atoms with Gasteiger partial charge >= 0.3 is 5.97 Å². The first-order valence-electron chi connectivity index (χ1n) is 19.8. The van der Waals surface area contributed by atoms with Gasteiger partial charge in [0, 0.05) is 45.6 Å². The van der Waals surface area contributed by atoms with E-state index in [1.54, 1.807) is 0 Å². The van der Waals surface area contributed by atoms with Gasteiger partial charge in [-0.15, -0.1) is 0 Å². The van der Waals surface area contributed by atoms with Gasteiger partial charge in [-0.05, 0) is 70.0 Å². The maximum Gasteiger partial charge on any atom is 0.308 e. The third kappa shape index (κ3) is 9.43. The molecule has 0 saturated heterocycles. The molecule has 0 bridgehead atoms. The number of aromatic nitrogens is 5. The summed E-state index contributed by atoms with van der Waals surface area (Å²) in [6.07, 6.45) is 8.05. The third-order valence-electron chi connectivity index (χ3n) is 10.3. The van der Waals surface area contributed by atoms with Crippen molar-refractivity contribution >= 4 is 38.8 Å². The molecule has 4 heterocycles. The van der Waals surface area contributed by atoms with Crippen molar-refractivity contribution < 1.29 is 23.7 Å². The van der Waals surface area contributed by atoms with Gasteiger partial charge in [0.15, 0.2) is 17.0 Å². The zero-order chi connectivity index (χ0) is 38.5. The lowest BCUT2D eigenvalue weighted by Crippen LogP contribution is -2.24. The minimum atomic E-state index is -1.39. The molecular formula is C42H59N5O5Si2. The molecule has 1 aromatic carbocycles. The van der Waals surface area contributed by atoms with Crippen molar-refractivity contribution in [3.63, 3.8) is 0 Å². The Bertz CT molecular complexity index is 2010. The highest BCUT2D eigenvalue weighted by atomic mass is 28.3. The van der Waals surface area contributed by atoms with Crippen LogP contribution in [0.5, 0.6) is 11.6 Å². The van der Waals surface area contributed by atoms with Crippen molar-refractivity contribution in [2.75, 3.05) is 26.4 Å². The molecule has 0 aliphatic heterocycles. The van der Waals surface area contributed by atoms with Crippen molar-refractivity contribution in [1.82, 2.24) is 24.1 Å². The van der Waals surface area contributed by atoms with Gasteiger partial charge in [0.2, 0.25) is 5.88 Å². The summed E-state index contributed by atoms with van der Waals surface area (Å²) in [4.78, 5) is 22.9. The molecule has 5 aromatic rings. The lowest BCUT2D eigenvalue weighted by molar-refractivity contribution is -0.149. The molecule has 1 aliphatic rings. The Morgan fingerprint density at radius 3 is 2.20 bits per heavy atom. The predicted molar refractivity (Wildman–Crippen MR) is 222 cm³/mol. The van der Waals surface area contributed by atoms with E-state index in [9.17, 15) is 4.79 Å². The number of ether oxygens (including phenoxy) is 4. The summed E-state index contributed by atoms with van der Waals surface area (Å²) in [5.74, 6) is 1.62. The Labute approximate surface area is 322 Å². The van der Waals surface area contributed by atoms with Gasteiger partial charge in [0.1, 0.15) is 6.73 Å². The molecule has 6 rings (SSSR count). The Morgan fingerprint density at radius 2 is 1.56 bits per heavy atom. The van der Waals surface area contributed by atoms with Crippen LogP contribution in [0.15, 0.2) is 54.9 Å². The minimum Gasteiger partial charge on any atom is -0.488 e. The molecule has 0 amide bonds. The van der Waals surface area contributed by atoms with Crippen molar-refractivity contribution in [2.24, 2.45) is 11.8 Å². The van der Waals surface area contributed by atoms with Crippen LogP contribution in [0.25, 0.3) is 39.1 Å². The highest BCUT2D eigenvalue weighted by molar-refractivity contribution is 6.76. The molecule has 0 radical (unpaired) electrons. The van der Waals surface area contributed by atoms with Gasteiger partial charge < -0.3 is 18.9 Å². The Balaban J connectivity index is 1.48. The lowest BCUT2D eigenvalue weighted by Gasteiger charge is -2.27. The molecule has 54 heavy (non-hydrogen) atoms. The zero-order valence-corrected chi connectivity index (χ0v) is 35.6. The quantitative estimate of drug-likeness (QED) is 0.0524. The van der Waals surface area contributed by atoms with Crippen molar-refractivity contribution in [1.29, 1.82) is 0 Å². The van der Waals surface area contributed by atoms with Gasteiger partial charge in [-0.25, -0.2) is 4.98 Å². The average molecular weight is 770 g/mol. The largest absolute Gasteiger partial charge is 0.488 e. The van der Waals surface area contributed by atoms with Gasteiger partial charge in [-0.1, -0.05) is 75.7 Å². The summed E-state index contributed by atoms with van der Waals surface area (Å²) >= 11 is 0. The van der Waals surface area contributed by atoms with Gasteiger partial charge in [0.25, 0.3) is 0 Å². The van der Waals surface area contributed by atoms with Crippen LogP contribution >= 0.6 is 0 Å². The Morgan fingerprint density at radius 1 is 0.833 bits per heavy atom. The summed E-state index contributed by atoms with van der Waals surface area (Å²) in [5, 5.41) is 5.92. The normalized spacial score (nSPS) is 16.6. The number of fused-ring (bicyclic) bond motifs is 3. The topological polar surface area (TPSA) is 102 Å². The monoisotopic (exact) mass is 769 g/mol. The van der Waals surface area contributed by atoms with E-state index in [0.29, 0.717) is 50.7 Å². The molecule has 0 N–H and O–H groups in total. The number of pyridine rings is 1. The molecule has 1 fully saturated rings. The first-order chi connectivity index (χ1) is 25.9. The molecule has 10 nitrogen and oxygen atoms in total. The molecule has 12 heteroatoms. The van der Waals surface area contributed by atoms with Gasteiger partial charge in [0.05, 0.1) is 48.7 Å². The van der Waals surface area contributed by atoms with Gasteiger partial charge in [-0.2, -0.15) is 9.61 Å². The maximum absolute atomic E-state index is 12.6. The number of carbonyl (C=O) groups excluding carboxylic acids is 1. The van der Waals surface area contributed by atoms with Crippen molar-refractivity contribution in [2.45, 2.75) is 104 Å². The van der Waals surface area contributed by atoms with Gasteiger partial charge in [-0.3, -0.25) is 14.3 Å². The highest BCUT2D eigenvalue weighted by Crippen LogP contribution is 2.44. The molecule has 0 unspecified atom stereocenters. The second kappa shape index (κ2) is 17.2. The van der Waals surface area contributed by atoms with Crippen LogP contribution in [0.1, 0.15) is 45.2 Å². The van der Waals surface area contributed by atoms with Crippen molar-refractivity contribution in [3.8, 4) is 34.0 Å². The second-order valence-electron chi connectivity index (χ2n) is 17.0. The fourth-order valence-electron chi connectivity index (χ4n) is 7.18. The molecule has 0 atom stereocenters. The number of esters is 1. The summed E-state index contributed by atoms with van der Waals surface area (Å²) in [6, 6.07) is 16.4. The number of benzene rings is 1. The van der Waals surface area contributed by atoms with Crippen LogP contribution in [-0.4, -0.2) is 72.7 Å². The fourth-order valence-corrected chi connectivity index (χ4v) is 8.65. The molecule has 4 aromatic heterocycles. The van der Waals surface area contributed by atoms with Crippen LogP contribution < -0.4 is 9.47 Å². The Hall–Kier alpha value is -4.01. The Kier molecular flexibility index (Phi) is 12.6. The molecule has 290 valence electrons. The van der Waals surface area contributed by atoms with E-state index in [2.05, 4.69) is 68.1 Å². The van der Waals surface area contributed by atoms with Crippen LogP contribution in [0.3, 0.4) is 0 Å². The number of hydrogen-bond acceptors (Lipinski definition) is 8. The van der Waals surface area contributed by atoms with E-state index >= 15 is 0 Å². The van der Waals surface area contributed by atoms with Crippen LogP contribution in [0, 0.1) is 11.8 Å². The van der Waals surface area contributed by atoms with Crippen LogP contribution in [-0.2, 0) is 27.4 Å². The van der Waals surface area contributed by atoms with Crippen LogP contribution in [0.4, 0.5) is 0 Å². The first kappa shape index (κ1) is 39.7. The van der Waals surface area contributed by atoms with E-state index in [1.165, 1.54) is 0 Å². The maximum atomic E-state index is 12.6. The fraction of sp³-hybridized carbons (Fsp3) is 0.524. The smallest absolute Gasteiger partial charge is 0.308 e. The minimum absolute atomic E-state index is 0.0378. The van der Waals surface area contributed by atoms with E-state index in [-0.39, 0.29) is 11.9 Å². The lowest BCUT2D eigenvalue weighted by atomic mass is 9.80. The predicted octanol–water partition coefficient (Wildman–Crippen LogP) is 9.75.